The third-order valence-corrected chi connectivity index (χ3v) is 5.88. The minimum atomic E-state index is -3.77. The molecule has 0 aliphatic rings. The molecule has 7 heteroatoms. The van der Waals surface area contributed by atoms with Crippen LogP contribution in [0.5, 0.6) is 5.75 Å². The topological polar surface area (TPSA) is 84.5 Å². The number of ether oxygens (including phenoxy) is 1. The van der Waals surface area contributed by atoms with Gasteiger partial charge in [-0.15, -0.1) is 0 Å². The SMILES string of the molecule is CCOc1ccc(NS(=O)(=O)c2ccc(C(=O)Nc3cc(C)ccc3C)cc2)cc1. The Morgan fingerprint density at radius 2 is 1.60 bits per heavy atom. The summed E-state index contributed by atoms with van der Waals surface area (Å²) < 4.78 is 33.1. The molecular weight excluding hydrogens is 400 g/mol. The van der Waals surface area contributed by atoms with E-state index in [0.717, 1.165) is 16.8 Å². The fraction of sp³-hybridized carbons (Fsp3) is 0.174. The first-order valence-corrected chi connectivity index (χ1v) is 11.0. The number of hydrogen-bond acceptors (Lipinski definition) is 4. The Labute approximate surface area is 177 Å². The van der Waals surface area contributed by atoms with Crippen LogP contribution in [-0.2, 0) is 10.0 Å². The van der Waals surface area contributed by atoms with Crippen LogP contribution in [-0.4, -0.2) is 20.9 Å². The highest BCUT2D eigenvalue weighted by molar-refractivity contribution is 7.92. The zero-order valence-electron chi connectivity index (χ0n) is 17.1. The molecule has 30 heavy (non-hydrogen) atoms. The van der Waals surface area contributed by atoms with Crippen molar-refractivity contribution in [3.05, 3.63) is 83.4 Å². The molecule has 0 bridgehead atoms. The lowest BCUT2D eigenvalue weighted by Crippen LogP contribution is -2.15. The Hall–Kier alpha value is -3.32. The standard InChI is InChI=1S/C23H24N2O4S/c1-4-29-20-11-9-19(10-12-20)25-30(27,28)21-13-7-18(8-14-21)23(26)24-22-15-16(2)5-6-17(22)3/h5-15,25H,4H2,1-3H3,(H,24,26). The lowest BCUT2D eigenvalue weighted by Gasteiger charge is -2.11. The number of benzene rings is 3. The van der Waals surface area contributed by atoms with Crippen LogP contribution in [0.25, 0.3) is 0 Å². The third kappa shape index (κ3) is 5.18. The average molecular weight is 425 g/mol. The molecule has 3 aromatic carbocycles. The minimum Gasteiger partial charge on any atom is -0.494 e. The van der Waals surface area contributed by atoms with Gasteiger partial charge in [-0.2, -0.15) is 0 Å². The molecule has 3 rings (SSSR count). The van der Waals surface area contributed by atoms with E-state index in [0.29, 0.717) is 23.6 Å². The van der Waals surface area contributed by atoms with Crippen molar-refractivity contribution >= 4 is 27.3 Å². The van der Waals surface area contributed by atoms with E-state index in [9.17, 15) is 13.2 Å². The first-order valence-electron chi connectivity index (χ1n) is 9.53. The van der Waals surface area contributed by atoms with Crippen molar-refractivity contribution in [2.24, 2.45) is 0 Å². The highest BCUT2D eigenvalue weighted by Gasteiger charge is 2.16. The summed E-state index contributed by atoms with van der Waals surface area (Å²) in [4.78, 5) is 12.6. The highest BCUT2D eigenvalue weighted by atomic mass is 32.2. The third-order valence-electron chi connectivity index (χ3n) is 4.49. The normalized spacial score (nSPS) is 11.0. The predicted molar refractivity (Wildman–Crippen MR) is 119 cm³/mol. The van der Waals surface area contributed by atoms with Gasteiger partial charge in [0.15, 0.2) is 0 Å². The Morgan fingerprint density at radius 1 is 0.933 bits per heavy atom. The summed E-state index contributed by atoms with van der Waals surface area (Å²) in [5, 5.41) is 2.87. The van der Waals surface area contributed by atoms with Crippen LogP contribution in [0.1, 0.15) is 28.4 Å². The highest BCUT2D eigenvalue weighted by Crippen LogP contribution is 2.21. The number of carbonyl (C=O) groups excluding carboxylic acids is 1. The van der Waals surface area contributed by atoms with E-state index < -0.39 is 10.0 Å². The first-order chi connectivity index (χ1) is 14.3. The number of rotatable bonds is 7. The Kier molecular flexibility index (Phi) is 6.42. The Bertz CT molecular complexity index is 1140. The summed E-state index contributed by atoms with van der Waals surface area (Å²) in [7, 11) is -3.77. The molecular formula is C23H24N2O4S. The number of nitrogens with one attached hydrogen (secondary N) is 2. The van der Waals surface area contributed by atoms with Crippen LogP contribution in [0.15, 0.2) is 71.6 Å². The predicted octanol–water partition coefficient (Wildman–Crippen LogP) is 4.76. The van der Waals surface area contributed by atoms with Crippen LogP contribution < -0.4 is 14.8 Å². The Balaban J connectivity index is 1.72. The number of sulfonamides is 1. The van der Waals surface area contributed by atoms with Gasteiger partial charge < -0.3 is 10.1 Å². The van der Waals surface area contributed by atoms with Gasteiger partial charge in [-0.3, -0.25) is 9.52 Å². The van der Waals surface area contributed by atoms with Gasteiger partial charge in [0.25, 0.3) is 15.9 Å². The van der Waals surface area contributed by atoms with Gasteiger partial charge in [-0.25, -0.2) is 8.42 Å². The number of hydrogen-bond donors (Lipinski definition) is 2. The molecule has 0 unspecified atom stereocenters. The van der Waals surface area contributed by atoms with Gasteiger partial charge in [-0.1, -0.05) is 12.1 Å². The minimum absolute atomic E-state index is 0.0691. The summed E-state index contributed by atoms with van der Waals surface area (Å²) in [6.07, 6.45) is 0. The molecule has 0 saturated carbocycles. The second-order valence-corrected chi connectivity index (χ2v) is 8.54. The van der Waals surface area contributed by atoms with Gasteiger partial charge in [0.2, 0.25) is 0 Å². The molecule has 0 aliphatic carbocycles. The first kappa shape index (κ1) is 21.4. The van der Waals surface area contributed by atoms with Crippen LogP contribution in [0.2, 0.25) is 0 Å². The van der Waals surface area contributed by atoms with Crippen molar-refractivity contribution < 1.29 is 17.9 Å². The maximum absolute atomic E-state index is 12.6. The molecule has 3 aromatic rings. The molecule has 0 aliphatic heterocycles. The number of amides is 1. The van der Waals surface area contributed by atoms with Crippen molar-refractivity contribution in [3.63, 3.8) is 0 Å². The number of carbonyl (C=O) groups is 1. The Morgan fingerprint density at radius 3 is 2.23 bits per heavy atom. The van der Waals surface area contributed by atoms with E-state index in [1.807, 2.05) is 39.0 Å². The average Bonchev–Trinajstić information content (AvgIpc) is 2.72. The molecule has 0 saturated heterocycles. The van der Waals surface area contributed by atoms with E-state index in [-0.39, 0.29) is 10.8 Å². The van der Waals surface area contributed by atoms with Gasteiger partial charge in [0, 0.05) is 16.9 Å². The zero-order valence-corrected chi connectivity index (χ0v) is 17.9. The molecule has 0 heterocycles. The van der Waals surface area contributed by atoms with E-state index >= 15 is 0 Å². The van der Waals surface area contributed by atoms with Crippen molar-refractivity contribution in [1.29, 1.82) is 0 Å². The van der Waals surface area contributed by atoms with Gasteiger partial charge >= 0.3 is 0 Å². The molecule has 156 valence electrons. The lowest BCUT2D eigenvalue weighted by molar-refractivity contribution is 0.102. The van der Waals surface area contributed by atoms with Crippen molar-refractivity contribution in [1.82, 2.24) is 0 Å². The van der Waals surface area contributed by atoms with Gasteiger partial charge in [0.1, 0.15) is 5.75 Å². The van der Waals surface area contributed by atoms with Crippen LogP contribution >= 0.6 is 0 Å². The largest absolute Gasteiger partial charge is 0.494 e. The summed E-state index contributed by atoms with van der Waals surface area (Å²) in [5.74, 6) is 0.367. The number of anilines is 2. The molecule has 0 atom stereocenters. The maximum Gasteiger partial charge on any atom is 0.261 e. The molecule has 2 N–H and O–H groups in total. The summed E-state index contributed by atoms with van der Waals surface area (Å²) in [6.45, 7) is 6.28. The van der Waals surface area contributed by atoms with Crippen molar-refractivity contribution in [3.8, 4) is 5.75 Å². The number of aryl methyl sites for hydroxylation is 2. The smallest absolute Gasteiger partial charge is 0.261 e. The molecule has 1 amide bonds. The van der Waals surface area contributed by atoms with E-state index in [1.54, 1.807) is 24.3 Å². The summed E-state index contributed by atoms with van der Waals surface area (Å²) in [5.41, 5.74) is 3.52. The van der Waals surface area contributed by atoms with Gasteiger partial charge in [0.05, 0.1) is 11.5 Å². The second-order valence-electron chi connectivity index (χ2n) is 6.86. The zero-order chi connectivity index (χ0) is 21.7. The second kappa shape index (κ2) is 9.00. The monoisotopic (exact) mass is 424 g/mol. The van der Waals surface area contributed by atoms with Gasteiger partial charge in [-0.05, 0) is 86.5 Å². The lowest BCUT2D eigenvalue weighted by atomic mass is 10.1. The fourth-order valence-corrected chi connectivity index (χ4v) is 3.91. The molecule has 6 nitrogen and oxygen atoms in total. The van der Waals surface area contributed by atoms with E-state index in [2.05, 4.69) is 10.0 Å². The van der Waals surface area contributed by atoms with E-state index in [4.69, 9.17) is 4.74 Å². The molecule has 0 spiro atoms. The van der Waals surface area contributed by atoms with Crippen molar-refractivity contribution in [2.45, 2.75) is 25.7 Å². The van der Waals surface area contributed by atoms with E-state index in [1.165, 1.54) is 24.3 Å². The fourth-order valence-electron chi connectivity index (χ4n) is 2.85. The summed E-state index contributed by atoms with van der Waals surface area (Å²) >= 11 is 0. The molecule has 0 fully saturated rings. The van der Waals surface area contributed by atoms with Crippen molar-refractivity contribution in [2.75, 3.05) is 16.6 Å². The van der Waals surface area contributed by atoms with Crippen LogP contribution in [0.3, 0.4) is 0 Å². The summed E-state index contributed by atoms with van der Waals surface area (Å²) in [6, 6.07) is 18.3. The quantitative estimate of drug-likeness (QED) is 0.573. The van der Waals surface area contributed by atoms with Crippen LogP contribution in [0, 0.1) is 13.8 Å². The maximum atomic E-state index is 12.6. The molecule has 0 radical (unpaired) electrons. The molecule has 0 aromatic heterocycles. The van der Waals surface area contributed by atoms with Crippen LogP contribution in [0.4, 0.5) is 11.4 Å².